The molecule has 21 heavy (non-hydrogen) atoms. The first-order valence-corrected chi connectivity index (χ1v) is 7.21. The summed E-state index contributed by atoms with van der Waals surface area (Å²) in [6, 6.07) is 6.63. The minimum Gasteiger partial charge on any atom is -0.343 e. The van der Waals surface area contributed by atoms with Gasteiger partial charge in [-0.1, -0.05) is 12.1 Å². The lowest BCUT2D eigenvalue weighted by molar-refractivity contribution is -0.384. The van der Waals surface area contributed by atoms with Crippen LogP contribution < -0.4 is 0 Å². The Morgan fingerprint density at radius 2 is 1.95 bits per heavy atom. The van der Waals surface area contributed by atoms with Crippen LogP contribution in [0.1, 0.15) is 18.9 Å². The molecule has 1 amide bonds. The van der Waals surface area contributed by atoms with Crippen molar-refractivity contribution < 1.29 is 9.72 Å². The van der Waals surface area contributed by atoms with Crippen LogP contribution in [0.4, 0.5) is 5.69 Å². The largest absolute Gasteiger partial charge is 0.343 e. The first-order chi connectivity index (χ1) is 9.99. The molecule has 6 nitrogen and oxygen atoms in total. The van der Waals surface area contributed by atoms with Gasteiger partial charge in [0.05, 0.1) is 11.0 Å². The third-order valence-corrected chi connectivity index (χ3v) is 4.06. The molecular weight excluding hydrogens is 270 g/mol. The van der Waals surface area contributed by atoms with Crippen molar-refractivity contribution in [3.05, 3.63) is 39.9 Å². The molecule has 1 fully saturated rings. The summed E-state index contributed by atoms with van der Waals surface area (Å²) in [4.78, 5) is 26.1. The number of hydrogen-bond acceptors (Lipinski definition) is 4. The van der Waals surface area contributed by atoms with E-state index < -0.39 is 0 Å². The van der Waals surface area contributed by atoms with E-state index in [1.54, 1.807) is 17.0 Å². The molecule has 0 aliphatic carbocycles. The van der Waals surface area contributed by atoms with E-state index in [9.17, 15) is 14.9 Å². The number of aryl methyl sites for hydroxylation is 1. The van der Waals surface area contributed by atoms with Crippen molar-refractivity contribution in [1.29, 1.82) is 0 Å². The van der Waals surface area contributed by atoms with Crippen molar-refractivity contribution in [1.82, 2.24) is 9.80 Å². The molecule has 1 aliphatic rings. The van der Waals surface area contributed by atoms with Crippen LogP contribution in [-0.4, -0.2) is 53.4 Å². The van der Waals surface area contributed by atoms with E-state index >= 15 is 0 Å². The minimum atomic E-state index is -0.388. The number of likely N-dealkylation sites (N-methyl/N-ethyl adjacent to an activating group) is 1. The summed E-state index contributed by atoms with van der Waals surface area (Å²) in [6.07, 6.45) is 1.81. The van der Waals surface area contributed by atoms with Crippen LogP contribution in [-0.2, 0) is 11.2 Å². The van der Waals surface area contributed by atoms with Gasteiger partial charge in [0.25, 0.3) is 5.69 Å². The molecule has 1 heterocycles. The first-order valence-electron chi connectivity index (χ1n) is 7.21. The van der Waals surface area contributed by atoms with Crippen LogP contribution >= 0.6 is 0 Å². The second-order valence-electron chi connectivity index (χ2n) is 5.50. The summed E-state index contributed by atoms with van der Waals surface area (Å²) in [5.74, 6) is 0.177. The maximum Gasteiger partial charge on any atom is 0.269 e. The van der Waals surface area contributed by atoms with Gasteiger partial charge in [-0.05, 0) is 31.9 Å². The summed E-state index contributed by atoms with van der Waals surface area (Å²) in [5.41, 5.74) is 1.21. The number of rotatable bonds is 5. The van der Waals surface area contributed by atoms with Gasteiger partial charge in [-0.3, -0.25) is 19.8 Å². The highest BCUT2D eigenvalue weighted by Gasteiger charge is 2.28. The molecule has 114 valence electrons. The predicted octanol–water partition coefficient (Wildman–Crippen LogP) is 1.69. The standard InChI is InChI=1S/C15H21N3O3/c1-12-15(19)16(2)10-11-17(12)9-3-4-13-5-7-14(8-6-13)18(20)21/h5-8,12H,3-4,9-11H2,1-2H3/t12-/m1/s1. The molecular formula is C15H21N3O3. The second-order valence-corrected chi connectivity index (χ2v) is 5.50. The van der Waals surface area contributed by atoms with Gasteiger partial charge < -0.3 is 4.90 Å². The predicted molar refractivity (Wildman–Crippen MR) is 80.1 cm³/mol. The summed E-state index contributed by atoms with van der Waals surface area (Å²) in [5, 5.41) is 10.6. The van der Waals surface area contributed by atoms with E-state index in [-0.39, 0.29) is 22.6 Å². The molecule has 0 saturated carbocycles. The van der Waals surface area contributed by atoms with Crippen LogP contribution in [0.15, 0.2) is 24.3 Å². The SMILES string of the molecule is C[C@@H]1C(=O)N(C)CCN1CCCc1ccc([N+](=O)[O-])cc1. The Labute approximate surface area is 124 Å². The molecule has 1 saturated heterocycles. The van der Waals surface area contributed by atoms with E-state index in [2.05, 4.69) is 4.90 Å². The molecule has 0 unspecified atom stereocenters. The monoisotopic (exact) mass is 291 g/mol. The summed E-state index contributed by atoms with van der Waals surface area (Å²) >= 11 is 0. The fourth-order valence-corrected chi connectivity index (χ4v) is 2.63. The van der Waals surface area contributed by atoms with Gasteiger partial charge in [-0.15, -0.1) is 0 Å². The fourth-order valence-electron chi connectivity index (χ4n) is 2.63. The summed E-state index contributed by atoms with van der Waals surface area (Å²) in [7, 11) is 1.84. The minimum absolute atomic E-state index is 0.0550. The Morgan fingerprint density at radius 1 is 1.29 bits per heavy atom. The van der Waals surface area contributed by atoms with Crippen LogP contribution in [0.2, 0.25) is 0 Å². The number of non-ortho nitro benzene ring substituents is 1. The zero-order valence-corrected chi connectivity index (χ0v) is 12.5. The average molecular weight is 291 g/mol. The van der Waals surface area contributed by atoms with E-state index in [0.717, 1.165) is 38.0 Å². The molecule has 2 rings (SSSR count). The Kier molecular flexibility index (Phi) is 4.90. The number of carbonyl (C=O) groups is 1. The van der Waals surface area contributed by atoms with Gasteiger partial charge >= 0.3 is 0 Å². The van der Waals surface area contributed by atoms with Crippen LogP contribution in [0.3, 0.4) is 0 Å². The van der Waals surface area contributed by atoms with Gasteiger partial charge in [0.1, 0.15) is 0 Å². The second kappa shape index (κ2) is 6.67. The average Bonchev–Trinajstić information content (AvgIpc) is 2.48. The van der Waals surface area contributed by atoms with E-state index in [1.165, 1.54) is 12.1 Å². The number of carbonyl (C=O) groups excluding carboxylic acids is 1. The third kappa shape index (κ3) is 3.78. The van der Waals surface area contributed by atoms with Gasteiger partial charge in [0.2, 0.25) is 5.91 Å². The Hall–Kier alpha value is -1.95. The molecule has 1 aromatic rings. The van der Waals surface area contributed by atoms with E-state index in [4.69, 9.17) is 0 Å². The number of nitrogens with zero attached hydrogens (tertiary/aromatic N) is 3. The lowest BCUT2D eigenvalue weighted by Crippen LogP contribution is -2.54. The molecule has 0 bridgehead atoms. The summed E-state index contributed by atoms with van der Waals surface area (Å²) in [6.45, 7) is 4.51. The van der Waals surface area contributed by atoms with Crippen molar-refractivity contribution in [3.8, 4) is 0 Å². The number of piperazine rings is 1. The van der Waals surface area contributed by atoms with Gasteiger partial charge in [-0.2, -0.15) is 0 Å². The van der Waals surface area contributed by atoms with Crippen molar-refractivity contribution in [2.75, 3.05) is 26.7 Å². The topological polar surface area (TPSA) is 66.7 Å². The number of nitro groups is 1. The van der Waals surface area contributed by atoms with Crippen LogP contribution in [0.5, 0.6) is 0 Å². The lowest BCUT2D eigenvalue weighted by Gasteiger charge is -2.37. The lowest BCUT2D eigenvalue weighted by atomic mass is 10.1. The third-order valence-electron chi connectivity index (χ3n) is 4.06. The Bertz CT molecular complexity index is 515. The van der Waals surface area contributed by atoms with E-state index in [0.29, 0.717) is 0 Å². The maximum atomic E-state index is 11.9. The molecule has 1 aromatic carbocycles. The highest BCUT2D eigenvalue weighted by Crippen LogP contribution is 2.14. The van der Waals surface area contributed by atoms with Crippen LogP contribution in [0, 0.1) is 10.1 Å². The molecule has 0 aromatic heterocycles. The maximum absolute atomic E-state index is 11.9. The molecule has 0 N–H and O–H groups in total. The normalized spacial score (nSPS) is 19.8. The summed E-state index contributed by atoms with van der Waals surface area (Å²) < 4.78 is 0. The van der Waals surface area contributed by atoms with Crippen LogP contribution in [0.25, 0.3) is 0 Å². The Morgan fingerprint density at radius 3 is 2.57 bits per heavy atom. The zero-order valence-electron chi connectivity index (χ0n) is 12.5. The van der Waals surface area contributed by atoms with Crippen molar-refractivity contribution in [2.45, 2.75) is 25.8 Å². The first kappa shape index (κ1) is 15.4. The van der Waals surface area contributed by atoms with Crippen molar-refractivity contribution in [2.24, 2.45) is 0 Å². The van der Waals surface area contributed by atoms with Gasteiger partial charge in [-0.25, -0.2) is 0 Å². The van der Waals surface area contributed by atoms with Crippen molar-refractivity contribution in [3.63, 3.8) is 0 Å². The smallest absolute Gasteiger partial charge is 0.269 e. The number of amides is 1. The van der Waals surface area contributed by atoms with Crippen molar-refractivity contribution >= 4 is 11.6 Å². The quantitative estimate of drug-likeness (QED) is 0.611. The zero-order chi connectivity index (χ0) is 15.4. The number of hydrogen-bond donors (Lipinski definition) is 0. The molecule has 6 heteroatoms. The number of nitro benzene ring substituents is 1. The molecule has 0 spiro atoms. The van der Waals surface area contributed by atoms with E-state index in [1.807, 2.05) is 14.0 Å². The molecule has 0 radical (unpaired) electrons. The van der Waals surface area contributed by atoms with Gasteiger partial charge in [0.15, 0.2) is 0 Å². The fraction of sp³-hybridized carbons (Fsp3) is 0.533. The molecule has 1 atom stereocenters. The van der Waals surface area contributed by atoms with Gasteiger partial charge in [0, 0.05) is 32.3 Å². The molecule has 1 aliphatic heterocycles. The highest BCUT2D eigenvalue weighted by molar-refractivity contribution is 5.81. The highest BCUT2D eigenvalue weighted by atomic mass is 16.6. The Balaban J connectivity index is 1.81. The number of benzene rings is 1.